The molecule has 0 bridgehead atoms. The molecule has 0 aliphatic heterocycles. The second-order valence-electron chi connectivity index (χ2n) is 5.46. The van der Waals surface area contributed by atoms with E-state index in [1.807, 2.05) is 6.20 Å². The van der Waals surface area contributed by atoms with Crippen molar-refractivity contribution in [2.45, 2.75) is 46.5 Å². The van der Waals surface area contributed by atoms with Crippen LogP contribution in [0.1, 0.15) is 56.1 Å². The average Bonchev–Trinajstić information content (AvgIpc) is 2.48. The third kappa shape index (κ3) is 3.78. The van der Waals surface area contributed by atoms with Crippen molar-refractivity contribution in [2.24, 2.45) is 0 Å². The maximum atomic E-state index is 4.54. The molecular formula is C17H24N4. The van der Waals surface area contributed by atoms with Crippen LogP contribution >= 0.6 is 0 Å². The normalized spacial score (nSPS) is 10.9. The molecule has 0 spiro atoms. The van der Waals surface area contributed by atoms with Gasteiger partial charge in [-0.05, 0) is 30.9 Å². The van der Waals surface area contributed by atoms with E-state index in [4.69, 9.17) is 0 Å². The van der Waals surface area contributed by atoms with E-state index in [2.05, 4.69) is 60.1 Å². The molecule has 0 atom stereocenters. The van der Waals surface area contributed by atoms with Crippen LogP contribution in [0.5, 0.6) is 0 Å². The highest BCUT2D eigenvalue weighted by molar-refractivity contribution is 5.48. The summed E-state index contributed by atoms with van der Waals surface area (Å²) in [6.45, 7) is 9.44. The summed E-state index contributed by atoms with van der Waals surface area (Å²) in [4.78, 5) is 13.4. The van der Waals surface area contributed by atoms with Crippen LogP contribution in [0.3, 0.4) is 0 Å². The Kier molecular flexibility index (Phi) is 5.26. The van der Waals surface area contributed by atoms with Gasteiger partial charge in [-0.25, -0.2) is 9.97 Å². The summed E-state index contributed by atoms with van der Waals surface area (Å²) in [5, 5.41) is 3.33. The number of nitrogens with zero attached hydrogens (tertiary/aromatic N) is 3. The summed E-state index contributed by atoms with van der Waals surface area (Å²) in [5.74, 6) is 1.33. The Morgan fingerprint density at radius 2 is 1.90 bits per heavy atom. The van der Waals surface area contributed by atoms with Gasteiger partial charge in [-0.2, -0.15) is 0 Å². The number of anilines is 1. The number of aryl methyl sites for hydroxylation is 1. The van der Waals surface area contributed by atoms with E-state index in [9.17, 15) is 0 Å². The predicted octanol–water partition coefficient (Wildman–Crippen LogP) is 3.58. The minimum Gasteiger partial charge on any atom is -0.370 e. The lowest BCUT2D eigenvalue weighted by Gasteiger charge is -2.16. The minimum atomic E-state index is 0.380. The molecule has 2 rings (SSSR count). The Balaban J connectivity index is 2.31. The molecule has 112 valence electrons. The first-order chi connectivity index (χ1) is 10.2. The summed E-state index contributed by atoms with van der Waals surface area (Å²) < 4.78 is 0. The first kappa shape index (κ1) is 15.4. The van der Waals surface area contributed by atoms with Crippen molar-refractivity contribution in [1.29, 1.82) is 0 Å². The highest BCUT2D eigenvalue weighted by atomic mass is 15.0. The fourth-order valence-electron chi connectivity index (χ4n) is 2.43. The molecule has 0 aromatic carbocycles. The molecule has 1 N–H and O–H groups in total. The largest absolute Gasteiger partial charge is 0.370 e. The highest BCUT2D eigenvalue weighted by Crippen LogP contribution is 2.26. The van der Waals surface area contributed by atoms with Gasteiger partial charge >= 0.3 is 0 Å². The van der Waals surface area contributed by atoms with E-state index in [0.717, 1.165) is 36.6 Å². The van der Waals surface area contributed by atoms with Gasteiger partial charge in [0.2, 0.25) is 0 Å². The number of aromatic nitrogens is 3. The van der Waals surface area contributed by atoms with Crippen LogP contribution in [0.15, 0.2) is 24.7 Å². The van der Waals surface area contributed by atoms with Crippen molar-refractivity contribution in [1.82, 2.24) is 15.0 Å². The molecule has 0 saturated carbocycles. The molecule has 0 fully saturated rings. The van der Waals surface area contributed by atoms with Crippen molar-refractivity contribution in [2.75, 3.05) is 11.9 Å². The van der Waals surface area contributed by atoms with E-state index in [1.165, 1.54) is 11.1 Å². The van der Waals surface area contributed by atoms with Crippen LogP contribution in [-0.4, -0.2) is 21.5 Å². The molecule has 0 unspecified atom stereocenters. The first-order valence-electron chi connectivity index (χ1n) is 7.67. The molecule has 4 nitrogen and oxygen atoms in total. The van der Waals surface area contributed by atoms with Gasteiger partial charge in [-0.1, -0.05) is 26.8 Å². The average molecular weight is 284 g/mol. The fraction of sp³-hybridized carbons (Fsp3) is 0.471. The third-order valence-corrected chi connectivity index (χ3v) is 3.53. The molecule has 0 saturated heterocycles. The number of rotatable bonds is 6. The zero-order chi connectivity index (χ0) is 15.2. The van der Waals surface area contributed by atoms with Gasteiger partial charge in [-0.3, -0.25) is 4.98 Å². The van der Waals surface area contributed by atoms with Crippen LogP contribution in [0.4, 0.5) is 5.82 Å². The fourth-order valence-corrected chi connectivity index (χ4v) is 2.43. The van der Waals surface area contributed by atoms with Gasteiger partial charge in [0.15, 0.2) is 0 Å². The third-order valence-electron chi connectivity index (χ3n) is 3.53. The second kappa shape index (κ2) is 7.16. The molecule has 0 amide bonds. The molecule has 2 heterocycles. The van der Waals surface area contributed by atoms with Crippen molar-refractivity contribution in [3.8, 4) is 0 Å². The lowest BCUT2D eigenvalue weighted by atomic mass is 9.99. The van der Waals surface area contributed by atoms with Gasteiger partial charge in [0.25, 0.3) is 0 Å². The van der Waals surface area contributed by atoms with Crippen molar-refractivity contribution >= 4 is 5.82 Å². The van der Waals surface area contributed by atoms with Crippen LogP contribution in [0, 0.1) is 0 Å². The predicted molar refractivity (Wildman–Crippen MR) is 86.7 cm³/mol. The van der Waals surface area contributed by atoms with E-state index < -0.39 is 0 Å². The van der Waals surface area contributed by atoms with Gasteiger partial charge in [0.1, 0.15) is 12.1 Å². The monoisotopic (exact) mass is 284 g/mol. The Labute approximate surface area is 127 Å². The number of hydrogen-bond donors (Lipinski definition) is 1. The zero-order valence-electron chi connectivity index (χ0n) is 13.3. The van der Waals surface area contributed by atoms with Crippen LogP contribution in [0.25, 0.3) is 0 Å². The lowest BCUT2D eigenvalue weighted by Crippen LogP contribution is -2.10. The van der Waals surface area contributed by atoms with Crippen molar-refractivity contribution in [3.63, 3.8) is 0 Å². The van der Waals surface area contributed by atoms with E-state index >= 15 is 0 Å². The van der Waals surface area contributed by atoms with E-state index in [0.29, 0.717) is 5.92 Å². The van der Waals surface area contributed by atoms with Crippen molar-refractivity contribution in [3.05, 3.63) is 47.2 Å². The quantitative estimate of drug-likeness (QED) is 0.881. The molecule has 2 aromatic heterocycles. The number of pyridine rings is 1. The van der Waals surface area contributed by atoms with Gasteiger partial charge < -0.3 is 5.32 Å². The minimum absolute atomic E-state index is 0.380. The van der Waals surface area contributed by atoms with Gasteiger partial charge in [-0.15, -0.1) is 0 Å². The molecule has 0 aliphatic rings. The van der Waals surface area contributed by atoms with Crippen LogP contribution in [0.2, 0.25) is 0 Å². The maximum Gasteiger partial charge on any atom is 0.133 e. The van der Waals surface area contributed by atoms with Gasteiger partial charge in [0, 0.05) is 30.4 Å². The highest BCUT2D eigenvalue weighted by Gasteiger charge is 2.15. The summed E-state index contributed by atoms with van der Waals surface area (Å²) >= 11 is 0. The smallest absolute Gasteiger partial charge is 0.133 e. The number of nitrogens with one attached hydrogen (secondary N) is 1. The summed E-state index contributed by atoms with van der Waals surface area (Å²) in [5.41, 5.74) is 4.57. The number of hydrogen-bond acceptors (Lipinski definition) is 4. The standard InChI is InChI=1S/C17H24N4/c1-5-13-7-8-14(19-10-13)9-15-16(12(3)4)17(18-6-2)21-11-20-15/h7-8,10-12H,5-6,9H2,1-4H3,(H,18,20,21). The Morgan fingerprint density at radius 3 is 2.48 bits per heavy atom. The molecule has 0 aliphatic carbocycles. The summed E-state index contributed by atoms with van der Waals surface area (Å²) in [7, 11) is 0. The van der Waals surface area contributed by atoms with Crippen molar-refractivity contribution < 1.29 is 0 Å². The maximum absolute atomic E-state index is 4.54. The molecule has 0 radical (unpaired) electrons. The van der Waals surface area contributed by atoms with E-state index in [1.54, 1.807) is 6.33 Å². The topological polar surface area (TPSA) is 50.7 Å². The Hall–Kier alpha value is -1.97. The van der Waals surface area contributed by atoms with Crippen LogP contribution in [-0.2, 0) is 12.8 Å². The second-order valence-corrected chi connectivity index (χ2v) is 5.46. The Morgan fingerprint density at radius 1 is 1.10 bits per heavy atom. The lowest BCUT2D eigenvalue weighted by molar-refractivity contribution is 0.811. The molecule has 2 aromatic rings. The summed E-state index contributed by atoms with van der Waals surface area (Å²) in [6.07, 6.45) is 5.36. The summed E-state index contributed by atoms with van der Waals surface area (Å²) in [6, 6.07) is 4.24. The SMILES string of the molecule is CCNc1ncnc(Cc2ccc(CC)cn2)c1C(C)C. The molecule has 21 heavy (non-hydrogen) atoms. The Bertz CT molecular complexity index is 576. The van der Waals surface area contributed by atoms with Gasteiger partial charge in [0.05, 0.1) is 5.69 Å². The molecule has 4 heteroatoms. The van der Waals surface area contributed by atoms with Crippen LogP contribution < -0.4 is 5.32 Å². The zero-order valence-corrected chi connectivity index (χ0v) is 13.3. The molecular weight excluding hydrogens is 260 g/mol. The van der Waals surface area contributed by atoms with E-state index in [-0.39, 0.29) is 0 Å². The first-order valence-corrected chi connectivity index (χ1v) is 7.67.